The van der Waals surface area contributed by atoms with Gasteiger partial charge in [-0.2, -0.15) is 15.5 Å². The topological polar surface area (TPSA) is 132 Å². The molecule has 0 amide bonds. The van der Waals surface area contributed by atoms with Crippen molar-refractivity contribution in [2.45, 2.75) is 62.4 Å². The molecule has 0 radical (unpaired) electrons. The molecular weight excluding hydrogens is 584 g/mol. The van der Waals surface area contributed by atoms with Gasteiger partial charge in [-0.15, -0.1) is 11.3 Å². The van der Waals surface area contributed by atoms with Crippen LogP contribution in [-0.2, 0) is 6.54 Å². The number of nitrogens with two attached hydrogens (primary N) is 1. The summed E-state index contributed by atoms with van der Waals surface area (Å²) >= 11 is 1.05. The molecule has 3 N–H and O–H groups in total. The maximum atomic E-state index is 14.8. The predicted octanol–water partition coefficient (Wildman–Crippen LogP) is 4.05. The summed E-state index contributed by atoms with van der Waals surface area (Å²) in [6.07, 6.45) is 5.19. The van der Waals surface area contributed by atoms with Crippen molar-refractivity contribution in [3.05, 3.63) is 41.0 Å². The summed E-state index contributed by atoms with van der Waals surface area (Å²) in [5, 5.41) is 24.8. The van der Waals surface area contributed by atoms with Crippen LogP contribution in [0.5, 0.6) is 5.88 Å². The van der Waals surface area contributed by atoms with Crippen molar-refractivity contribution < 1.29 is 13.5 Å². The van der Waals surface area contributed by atoms with Gasteiger partial charge in [0, 0.05) is 50.1 Å². The lowest BCUT2D eigenvalue weighted by Gasteiger charge is -2.35. The predicted molar refractivity (Wildman–Crippen MR) is 163 cm³/mol. The van der Waals surface area contributed by atoms with E-state index in [4.69, 9.17) is 15.5 Å². The van der Waals surface area contributed by atoms with Crippen LogP contribution in [0, 0.1) is 28.5 Å². The molecule has 7 heterocycles. The molecule has 1 aromatic carbocycles. The molecule has 0 aliphatic carbocycles. The van der Waals surface area contributed by atoms with E-state index in [0.29, 0.717) is 75.6 Å². The molecule has 3 aromatic heterocycles. The van der Waals surface area contributed by atoms with Crippen LogP contribution < -0.4 is 20.7 Å². The second-order valence-electron chi connectivity index (χ2n) is 12.6. The molecule has 4 saturated heterocycles. The van der Waals surface area contributed by atoms with Gasteiger partial charge in [0.15, 0.2) is 11.3 Å². The molecule has 226 valence electrons. The van der Waals surface area contributed by atoms with Gasteiger partial charge in [-0.1, -0.05) is 6.07 Å². The molecule has 13 heteroatoms. The van der Waals surface area contributed by atoms with Crippen molar-refractivity contribution in [2.24, 2.45) is 0 Å². The fraction of sp³-hybridized carbons (Fsp3) is 0.484. The van der Waals surface area contributed by atoms with Crippen LogP contribution in [0.1, 0.15) is 48.8 Å². The number of hydrogen-bond acceptors (Lipinski definition) is 10. The smallest absolute Gasteiger partial charge is 0.244 e. The van der Waals surface area contributed by atoms with Gasteiger partial charge in [0.2, 0.25) is 5.88 Å². The van der Waals surface area contributed by atoms with Gasteiger partial charge in [0.25, 0.3) is 0 Å². The molecule has 44 heavy (non-hydrogen) atoms. The summed E-state index contributed by atoms with van der Waals surface area (Å²) in [6, 6.07) is 8.21. The quantitative estimate of drug-likeness (QED) is 0.330. The number of pyridine rings is 1. The first kappa shape index (κ1) is 27.5. The summed E-state index contributed by atoms with van der Waals surface area (Å²) in [5.74, 6) is 0.435. The second-order valence-corrected chi connectivity index (χ2v) is 13.6. The highest BCUT2D eigenvalue weighted by atomic mass is 32.1. The third-order valence-corrected chi connectivity index (χ3v) is 11.0. The summed E-state index contributed by atoms with van der Waals surface area (Å²) in [6.45, 7) is 3.23. The van der Waals surface area contributed by atoms with Gasteiger partial charge in [0.05, 0.1) is 27.6 Å². The Balaban J connectivity index is 1.25. The Kier molecular flexibility index (Phi) is 6.42. The van der Waals surface area contributed by atoms with Crippen molar-refractivity contribution in [2.75, 3.05) is 43.4 Å². The molecule has 2 bridgehead atoms. The molecule has 0 saturated carbocycles. The third-order valence-electron chi connectivity index (χ3n) is 9.93. The van der Waals surface area contributed by atoms with E-state index >= 15 is 0 Å². The molecule has 4 aliphatic rings. The minimum Gasteiger partial charge on any atom is -0.474 e. The SMILES string of the molecule is N#Cc1c(N)sc2c(F)ccc(Cn3cnc4c(OC[C@@]56CCCN5C[C@H](F)C6)nc(N5C[C@H]6CC[C@@H](C5)N6)c(C#N)c43)c12. The van der Waals surface area contributed by atoms with Crippen LogP contribution in [0.2, 0.25) is 0 Å². The van der Waals surface area contributed by atoms with Gasteiger partial charge in [-0.05, 0) is 43.9 Å². The molecule has 4 aliphatic heterocycles. The lowest BCUT2D eigenvalue weighted by atomic mass is 9.95. The largest absolute Gasteiger partial charge is 0.474 e. The molecule has 4 aromatic rings. The number of benzene rings is 1. The number of nitriles is 2. The summed E-state index contributed by atoms with van der Waals surface area (Å²) in [5.41, 5.74) is 8.06. The standard InChI is InChI=1S/C31H31F2N9OS/c32-18-8-31(6-1-7-42(31)12-18)15-43-30-25-26(22(10-35)29(39-30)40-13-19-3-4-20(14-40)38-19)41(16-37-25)11-17-2-5-23(33)27-24(17)21(9-34)28(36)44-27/h2,5,16,18-20,38H,1,3-4,6-8,11-15,36H2/t18-,19-,20+,31+/m1/s1. The van der Waals surface area contributed by atoms with Crippen molar-refractivity contribution in [3.8, 4) is 18.0 Å². The molecule has 4 fully saturated rings. The van der Waals surface area contributed by atoms with E-state index in [-0.39, 0.29) is 22.6 Å². The Hall–Kier alpha value is -4.04. The number of piperazine rings is 1. The lowest BCUT2D eigenvalue weighted by molar-refractivity contribution is 0.111. The summed E-state index contributed by atoms with van der Waals surface area (Å²) in [7, 11) is 0. The van der Waals surface area contributed by atoms with E-state index in [1.54, 1.807) is 12.4 Å². The van der Waals surface area contributed by atoms with Crippen molar-refractivity contribution in [1.82, 2.24) is 24.8 Å². The highest BCUT2D eigenvalue weighted by Crippen LogP contribution is 2.42. The summed E-state index contributed by atoms with van der Waals surface area (Å²) < 4.78 is 38.0. The van der Waals surface area contributed by atoms with Gasteiger partial charge in [-0.3, -0.25) is 4.90 Å². The number of nitrogens with one attached hydrogen (secondary N) is 1. The van der Waals surface area contributed by atoms with Crippen LogP contribution >= 0.6 is 11.3 Å². The number of nitrogens with zero attached hydrogens (tertiary/aromatic N) is 7. The molecule has 0 spiro atoms. The first-order valence-corrected chi connectivity index (χ1v) is 15.9. The van der Waals surface area contributed by atoms with Crippen LogP contribution in [0.25, 0.3) is 21.1 Å². The monoisotopic (exact) mass is 615 g/mol. The maximum absolute atomic E-state index is 14.8. The first-order valence-electron chi connectivity index (χ1n) is 15.1. The number of rotatable bonds is 6. The van der Waals surface area contributed by atoms with Gasteiger partial charge in [0.1, 0.15) is 41.3 Å². The average molecular weight is 616 g/mol. The fourth-order valence-electron chi connectivity index (χ4n) is 7.97. The zero-order chi connectivity index (χ0) is 30.2. The molecule has 8 rings (SSSR count). The number of imidazole rings is 1. The summed E-state index contributed by atoms with van der Waals surface area (Å²) in [4.78, 5) is 14.0. The maximum Gasteiger partial charge on any atom is 0.244 e. The van der Waals surface area contributed by atoms with Crippen LogP contribution in [0.4, 0.5) is 19.6 Å². The van der Waals surface area contributed by atoms with Crippen molar-refractivity contribution in [3.63, 3.8) is 0 Å². The third kappa shape index (κ3) is 4.21. The van der Waals surface area contributed by atoms with E-state index in [1.165, 1.54) is 6.07 Å². The number of halogens is 2. The van der Waals surface area contributed by atoms with Gasteiger partial charge >= 0.3 is 0 Å². The Morgan fingerprint density at radius 3 is 2.73 bits per heavy atom. The number of ether oxygens (including phenoxy) is 1. The van der Waals surface area contributed by atoms with Crippen molar-refractivity contribution in [1.29, 1.82) is 10.5 Å². The van der Waals surface area contributed by atoms with Gasteiger partial charge < -0.3 is 25.3 Å². The van der Waals surface area contributed by atoms with Gasteiger partial charge in [-0.25, -0.2) is 13.8 Å². The highest BCUT2D eigenvalue weighted by Gasteiger charge is 2.49. The van der Waals surface area contributed by atoms with Crippen molar-refractivity contribution >= 4 is 43.3 Å². The number of aromatic nitrogens is 3. The second kappa shape index (κ2) is 10.3. The molecule has 4 atom stereocenters. The molecule has 0 unspecified atom stereocenters. The van der Waals surface area contributed by atoms with E-state index in [0.717, 1.165) is 56.7 Å². The Labute approximate surface area is 256 Å². The zero-order valence-electron chi connectivity index (χ0n) is 24.0. The normalized spacial score (nSPS) is 26.4. The average Bonchev–Trinajstić information content (AvgIpc) is 3.82. The van der Waals surface area contributed by atoms with E-state index in [1.807, 2.05) is 4.57 Å². The van der Waals surface area contributed by atoms with Crippen LogP contribution in [0.15, 0.2) is 18.5 Å². The highest BCUT2D eigenvalue weighted by molar-refractivity contribution is 7.23. The fourth-order valence-corrected chi connectivity index (χ4v) is 8.94. The Bertz CT molecular complexity index is 1880. The Morgan fingerprint density at radius 1 is 1.16 bits per heavy atom. The minimum atomic E-state index is -0.879. The minimum absolute atomic E-state index is 0.226. The molecule has 10 nitrogen and oxygen atoms in total. The van der Waals surface area contributed by atoms with Crippen LogP contribution in [-0.4, -0.2) is 76.0 Å². The number of thiophene rings is 1. The first-order chi connectivity index (χ1) is 21.4. The van der Waals surface area contributed by atoms with E-state index in [2.05, 4.69) is 32.2 Å². The van der Waals surface area contributed by atoms with Crippen LogP contribution in [0.3, 0.4) is 0 Å². The number of hydrogen-bond donors (Lipinski definition) is 2. The lowest BCUT2D eigenvalue weighted by Crippen LogP contribution is -2.51. The number of anilines is 2. The van der Waals surface area contributed by atoms with E-state index < -0.39 is 12.0 Å². The molecular formula is C31H31F2N9OS. The Morgan fingerprint density at radius 2 is 1.95 bits per heavy atom. The number of fused-ring (bicyclic) bond motifs is 5. The number of nitrogen functional groups attached to an aromatic ring is 1. The number of alkyl halides is 1. The zero-order valence-corrected chi connectivity index (χ0v) is 24.8. The van der Waals surface area contributed by atoms with E-state index in [9.17, 15) is 19.3 Å².